The lowest BCUT2D eigenvalue weighted by Crippen LogP contribution is -2.32. The van der Waals surface area contributed by atoms with E-state index in [4.69, 9.17) is 10.5 Å². The molecule has 5 heteroatoms. The fourth-order valence-electron chi connectivity index (χ4n) is 2.63. The quantitative estimate of drug-likeness (QED) is 0.749. The van der Waals surface area contributed by atoms with Gasteiger partial charge >= 0.3 is 0 Å². The number of carbonyl (C=O) groups is 2. The zero-order valence-corrected chi connectivity index (χ0v) is 15.5. The third-order valence-corrected chi connectivity index (χ3v) is 4.43. The second kappa shape index (κ2) is 9.04. The summed E-state index contributed by atoms with van der Waals surface area (Å²) in [6.07, 6.45) is 0.936. The highest BCUT2D eigenvalue weighted by atomic mass is 16.5. The Bertz CT molecular complexity index is 756. The molecule has 3 N–H and O–H groups in total. The van der Waals surface area contributed by atoms with Crippen LogP contribution in [0.15, 0.2) is 48.5 Å². The molecule has 0 saturated heterocycles. The number of ether oxygens (including phenoxy) is 1. The summed E-state index contributed by atoms with van der Waals surface area (Å²) in [6, 6.07) is 14.3. The van der Waals surface area contributed by atoms with Crippen molar-refractivity contribution in [1.29, 1.82) is 0 Å². The molecule has 0 fully saturated rings. The van der Waals surface area contributed by atoms with Gasteiger partial charge < -0.3 is 15.8 Å². The van der Waals surface area contributed by atoms with E-state index in [-0.39, 0.29) is 5.91 Å². The molecule has 0 aliphatic carbocycles. The van der Waals surface area contributed by atoms with Gasteiger partial charge in [-0.25, -0.2) is 0 Å². The molecule has 0 bridgehead atoms. The van der Waals surface area contributed by atoms with Crippen molar-refractivity contribution in [1.82, 2.24) is 0 Å². The maximum Gasteiger partial charge on any atom is 0.265 e. The van der Waals surface area contributed by atoms with Crippen molar-refractivity contribution in [2.45, 2.75) is 45.6 Å². The Morgan fingerprint density at radius 3 is 2.27 bits per heavy atom. The Hall–Kier alpha value is -2.82. The third kappa shape index (κ3) is 4.85. The van der Waals surface area contributed by atoms with Crippen LogP contribution in [0.5, 0.6) is 5.75 Å². The first-order valence-electron chi connectivity index (χ1n) is 8.92. The summed E-state index contributed by atoms with van der Waals surface area (Å²) in [4.78, 5) is 23.7. The van der Waals surface area contributed by atoms with Crippen LogP contribution in [0.4, 0.5) is 5.69 Å². The van der Waals surface area contributed by atoms with Crippen LogP contribution in [0.2, 0.25) is 0 Å². The number of hydrogen-bond acceptors (Lipinski definition) is 3. The Balaban J connectivity index is 2.11. The molecule has 2 atom stereocenters. The van der Waals surface area contributed by atoms with Gasteiger partial charge in [0.25, 0.3) is 5.91 Å². The molecule has 2 amide bonds. The molecule has 0 saturated carbocycles. The number of primary amides is 1. The molecule has 0 aliphatic rings. The van der Waals surface area contributed by atoms with Gasteiger partial charge in [-0.2, -0.15) is 0 Å². The zero-order valence-electron chi connectivity index (χ0n) is 15.5. The number of carbonyl (C=O) groups excluding carboxylic acids is 2. The van der Waals surface area contributed by atoms with Gasteiger partial charge in [0, 0.05) is 11.3 Å². The lowest BCUT2D eigenvalue weighted by Gasteiger charge is -2.21. The van der Waals surface area contributed by atoms with Gasteiger partial charge in [0.2, 0.25) is 5.91 Å². The largest absolute Gasteiger partial charge is 0.480 e. The van der Waals surface area contributed by atoms with Crippen molar-refractivity contribution in [3.63, 3.8) is 0 Å². The first-order chi connectivity index (χ1) is 12.5. The number of para-hydroxylation sites is 1. The molecule has 138 valence electrons. The first kappa shape index (κ1) is 19.5. The molecule has 0 radical (unpaired) electrons. The van der Waals surface area contributed by atoms with Gasteiger partial charge in [0.15, 0.2) is 6.10 Å². The number of hydrogen-bond donors (Lipinski definition) is 2. The van der Waals surface area contributed by atoms with Crippen molar-refractivity contribution >= 4 is 17.5 Å². The van der Waals surface area contributed by atoms with Crippen LogP contribution < -0.4 is 15.8 Å². The van der Waals surface area contributed by atoms with E-state index in [2.05, 4.69) is 19.2 Å². The van der Waals surface area contributed by atoms with Gasteiger partial charge in [-0.05, 0) is 54.7 Å². The average molecular weight is 354 g/mol. The van der Waals surface area contributed by atoms with E-state index in [1.54, 1.807) is 24.3 Å². The molecule has 5 nitrogen and oxygen atoms in total. The summed E-state index contributed by atoms with van der Waals surface area (Å²) < 4.78 is 6.03. The van der Waals surface area contributed by atoms with E-state index in [0.29, 0.717) is 23.6 Å². The fraction of sp³-hybridized carbons (Fsp3) is 0.333. The van der Waals surface area contributed by atoms with Crippen molar-refractivity contribution in [3.8, 4) is 5.75 Å². The molecule has 0 aliphatic heterocycles. The van der Waals surface area contributed by atoms with Gasteiger partial charge in [-0.3, -0.25) is 9.59 Å². The zero-order chi connectivity index (χ0) is 19.1. The van der Waals surface area contributed by atoms with Crippen molar-refractivity contribution in [2.75, 3.05) is 5.32 Å². The SMILES string of the molecule is CCC(Oc1ccccc1C(C)CC)C(=O)Nc1ccc(C(N)=O)cc1. The molecular formula is C21H26N2O3. The van der Waals surface area contributed by atoms with Crippen LogP contribution in [0, 0.1) is 0 Å². The number of nitrogens with two attached hydrogens (primary N) is 1. The van der Waals surface area contributed by atoms with E-state index >= 15 is 0 Å². The molecule has 2 aromatic rings. The predicted molar refractivity (Wildman–Crippen MR) is 103 cm³/mol. The van der Waals surface area contributed by atoms with Crippen LogP contribution in [0.1, 0.15) is 55.5 Å². The number of benzene rings is 2. The normalized spacial score (nSPS) is 12.9. The van der Waals surface area contributed by atoms with Gasteiger partial charge in [-0.1, -0.05) is 39.0 Å². The Labute approximate surface area is 154 Å². The lowest BCUT2D eigenvalue weighted by molar-refractivity contribution is -0.122. The maximum atomic E-state index is 12.6. The number of rotatable bonds is 8. The van der Waals surface area contributed by atoms with Crippen molar-refractivity contribution in [2.24, 2.45) is 5.73 Å². The highest BCUT2D eigenvalue weighted by molar-refractivity contribution is 5.96. The standard InChI is InChI=1S/C21H26N2O3/c1-4-14(3)17-8-6-7-9-19(17)26-18(5-2)21(25)23-16-12-10-15(11-13-16)20(22)24/h6-14,18H,4-5H2,1-3H3,(H2,22,24)(H,23,25). The monoisotopic (exact) mass is 354 g/mol. The molecule has 0 spiro atoms. The molecule has 26 heavy (non-hydrogen) atoms. The minimum atomic E-state index is -0.601. The molecule has 2 rings (SSSR count). The molecule has 0 heterocycles. The minimum absolute atomic E-state index is 0.224. The summed E-state index contributed by atoms with van der Waals surface area (Å²) in [5.41, 5.74) is 7.32. The van der Waals surface area contributed by atoms with E-state index < -0.39 is 12.0 Å². The number of nitrogens with one attached hydrogen (secondary N) is 1. The highest BCUT2D eigenvalue weighted by Crippen LogP contribution is 2.29. The number of anilines is 1. The highest BCUT2D eigenvalue weighted by Gasteiger charge is 2.21. The van der Waals surface area contributed by atoms with Crippen LogP contribution in [0.25, 0.3) is 0 Å². The van der Waals surface area contributed by atoms with Crippen molar-refractivity contribution < 1.29 is 14.3 Å². The number of amides is 2. The molecule has 2 unspecified atom stereocenters. The maximum absolute atomic E-state index is 12.6. The third-order valence-electron chi connectivity index (χ3n) is 4.43. The topological polar surface area (TPSA) is 81.4 Å². The van der Waals surface area contributed by atoms with Gasteiger partial charge in [-0.15, -0.1) is 0 Å². The van der Waals surface area contributed by atoms with E-state index in [1.165, 1.54) is 0 Å². The van der Waals surface area contributed by atoms with Crippen LogP contribution in [0.3, 0.4) is 0 Å². The van der Waals surface area contributed by atoms with Crippen LogP contribution in [-0.2, 0) is 4.79 Å². The van der Waals surface area contributed by atoms with Crippen LogP contribution >= 0.6 is 0 Å². The predicted octanol–water partition coefficient (Wildman–Crippen LogP) is 4.10. The summed E-state index contributed by atoms with van der Waals surface area (Å²) in [7, 11) is 0. The molecular weight excluding hydrogens is 328 g/mol. The second-order valence-corrected chi connectivity index (χ2v) is 6.29. The summed E-state index contributed by atoms with van der Waals surface area (Å²) in [5, 5.41) is 2.83. The summed E-state index contributed by atoms with van der Waals surface area (Å²) in [5.74, 6) is 0.374. The van der Waals surface area contributed by atoms with Crippen LogP contribution in [-0.4, -0.2) is 17.9 Å². The lowest BCUT2D eigenvalue weighted by atomic mass is 9.98. The van der Waals surface area contributed by atoms with E-state index in [9.17, 15) is 9.59 Å². The first-order valence-corrected chi connectivity index (χ1v) is 8.92. The Morgan fingerprint density at radius 1 is 1.04 bits per heavy atom. The average Bonchev–Trinajstić information content (AvgIpc) is 2.66. The van der Waals surface area contributed by atoms with Gasteiger partial charge in [0.1, 0.15) is 5.75 Å². The van der Waals surface area contributed by atoms with Crippen molar-refractivity contribution in [3.05, 3.63) is 59.7 Å². The second-order valence-electron chi connectivity index (χ2n) is 6.29. The van der Waals surface area contributed by atoms with E-state index in [0.717, 1.165) is 17.7 Å². The van der Waals surface area contributed by atoms with E-state index in [1.807, 2.05) is 31.2 Å². The molecule has 2 aromatic carbocycles. The smallest absolute Gasteiger partial charge is 0.265 e. The summed E-state index contributed by atoms with van der Waals surface area (Å²) in [6.45, 7) is 6.18. The minimum Gasteiger partial charge on any atom is -0.480 e. The summed E-state index contributed by atoms with van der Waals surface area (Å²) >= 11 is 0. The Morgan fingerprint density at radius 2 is 1.69 bits per heavy atom. The fourth-order valence-corrected chi connectivity index (χ4v) is 2.63. The van der Waals surface area contributed by atoms with Gasteiger partial charge in [0.05, 0.1) is 0 Å². The molecule has 0 aromatic heterocycles. The Kier molecular flexibility index (Phi) is 6.78.